The third-order valence-electron chi connectivity index (χ3n) is 3.11. The van der Waals surface area contributed by atoms with E-state index in [1.54, 1.807) is 30.0 Å². The van der Waals surface area contributed by atoms with E-state index in [2.05, 4.69) is 22.4 Å². The first kappa shape index (κ1) is 19.2. The highest BCUT2D eigenvalue weighted by Gasteiger charge is 2.09. The topological polar surface area (TPSA) is 54.9 Å². The number of rotatable bonds is 10. The van der Waals surface area contributed by atoms with Crippen molar-refractivity contribution in [2.24, 2.45) is 0 Å². The van der Waals surface area contributed by atoms with Crippen LogP contribution in [0, 0.1) is 5.82 Å². The number of nitrogens with one attached hydrogen (secondary N) is 1. The number of aromatic nitrogens is 2. The number of hydrogen-bond acceptors (Lipinski definition) is 6. The first-order chi connectivity index (χ1) is 11.7. The molecule has 0 spiro atoms. The van der Waals surface area contributed by atoms with E-state index in [1.807, 2.05) is 0 Å². The van der Waals surface area contributed by atoms with Gasteiger partial charge in [0.05, 0.1) is 5.75 Å². The quantitative estimate of drug-likeness (QED) is 0.494. The molecule has 0 bridgehead atoms. The molecule has 1 N–H and O–H groups in total. The molecular formula is C16H20FN3OS3. The molecule has 0 aliphatic carbocycles. The third kappa shape index (κ3) is 6.78. The van der Waals surface area contributed by atoms with Gasteiger partial charge < -0.3 is 5.32 Å². The Morgan fingerprint density at radius 1 is 1.25 bits per heavy atom. The molecule has 1 heterocycles. The van der Waals surface area contributed by atoms with Crippen LogP contribution in [0.15, 0.2) is 32.9 Å². The second kappa shape index (κ2) is 10.7. The molecular weight excluding hydrogens is 365 g/mol. The number of hydrogen-bond donors (Lipinski definition) is 1. The van der Waals surface area contributed by atoms with Crippen LogP contribution in [0.3, 0.4) is 0 Å². The minimum Gasteiger partial charge on any atom is -0.355 e. The summed E-state index contributed by atoms with van der Waals surface area (Å²) in [4.78, 5) is 11.8. The summed E-state index contributed by atoms with van der Waals surface area (Å²) >= 11 is 4.61. The maximum absolute atomic E-state index is 13.5. The maximum Gasteiger partial charge on any atom is 0.230 e. The molecule has 130 valence electrons. The van der Waals surface area contributed by atoms with E-state index in [-0.39, 0.29) is 11.7 Å². The zero-order valence-corrected chi connectivity index (χ0v) is 15.9. The monoisotopic (exact) mass is 385 g/mol. The van der Waals surface area contributed by atoms with Gasteiger partial charge in [-0.05, 0) is 24.5 Å². The van der Waals surface area contributed by atoms with Gasteiger partial charge in [-0.15, -0.1) is 10.2 Å². The average Bonchev–Trinajstić information content (AvgIpc) is 3.03. The number of unbranched alkanes of at least 4 members (excludes halogenated alkanes) is 1. The number of carbonyl (C=O) groups excluding carboxylic acids is 1. The lowest BCUT2D eigenvalue weighted by atomic mass is 10.1. The predicted octanol–water partition coefficient (Wildman–Crippen LogP) is 4.02. The van der Waals surface area contributed by atoms with Crippen LogP contribution >= 0.6 is 34.9 Å². The number of thioether (sulfide) groups is 2. The van der Waals surface area contributed by atoms with Gasteiger partial charge in [0, 0.05) is 12.3 Å². The van der Waals surface area contributed by atoms with Crippen LogP contribution in [0.2, 0.25) is 0 Å². The summed E-state index contributed by atoms with van der Waals surface area (Å²) < 4.78 is 15.2. The molecule has 0 aliphatic heterocycles. The van der Waals surface area contributed by atoms with Gasteiger partial charge in [-0.3, -0.25) is 4.79 Å². The Bertz CT molecular complexity index is 651. The fraction of sp³-hybridized carbons (Fsp3) is 0.438. The lowest BCUT2D eigenvalue weighted by Crippen LogP contribution is -2.27. The van der Waals surface area contributed by atoms with Crippen LogP contribution in [-0.2, 0) is 11.2 Å². The molecule has 4 nitrogen and oxygen atoms in total. The van der Waals surface area contributed by atoms with Crippen molar-refractivity contribution in [3.05, 3.63) is 35.6 Å². The zero-order chi connectivity index (χ0) is 17.2. The Balaban J connectivity index is 1.65. The summed E-state index contributed by atoms with van der Waals surface area (Å²) in [5.74, 6) is 1.03. The van der Waals surface area contributed by atoms with Crippen molar-refractivity contribution in [3.63, 3.8) is 0 Å². The van der Waals surface area contributed by atoms with Crippen molar-refractivity contribution < 1.29 is 9.18 Å². The Kier molecular flexibility index (Phi) is 8.55. The Morgan fingerprint density at radius 2 is 2.00 bits per heavy atom. The van der Waals surface area contributed by atoms with Gasteiger partial charge in [0.15, 0.2) is 8.68 Å². The van der Waals surface area contributed by atoms with Crippen molar-refractivity contribution in [2.45, 2.75) is 34.9 Å². The fourth-order valence-electron chi connectivity index (χ4n) is 1.83. The van der Waals surface area contributed by atoms with Gasteiger partial charge in [-0.25, -0.2) is 4.39 Å². The molecule has 24 heavy (non-hydrogen) atoms. The summed E-state index contributed by atoms with van der Waals surface area (Å²) in [5.41, 5.74) is 0.614. The van der Waals surface area contributed by atoms with E-state index in [0.29, 0.717) is 24.3 Å². The van der Waals surface area contributed by atoms with Gasteiger partial charge in [-0.2, -0.15) is 0 Å². The fourth-order valence-corrected chi connectivity index (χ4v) is 4.84. The van der Waals surface area contributed by atoms with E-state index in [9.17, 15) is 9.18 Å². The lowest BCUT2D eigenvalue weighted by molar-refractivity contribution is -0.118. The standard InChI is InChI=1S/C16H20FN3OS3/c1-2-3-10-22-15-19-20-16(24-15)23-11-14(21)18-9-8-12-6-4-5-7-13(12)17/h4-7H,2-3,8-11H2,1H3,(H,18,21). The molecule has 0 aliphatic rings. The van der Waals surface area contributed by atoms with Crippen LogP contribution in [0.4, 0.5) is 4.39 Å². The highest BCUT2D eigenvalue weighted by molar-refractivity contribution is 8.03. The zero-order valence-electron chi connectivity index (χ0n) is 13.5. The largest absolute Gasteiger partial charge is 0.355 e. The highest BCUT2D eigenvalue weighted by atomic mass is 32.2. The van der Waals surface area contributed by atoms with Crippen molar-refractivity contribution in [1.82, 2.24) is 15.5 Å². The maximum atomic E-state index is 13.5. The van der Waals surface area contributed by atoms with Gasteiger partial charge in [0.1, 0.15) is 5.82 Å². The second-order valence-corrected chi connectivity index (χ2v) is 8.56. The molecule has 1 amide bonds. The summed E-state index contributed by atoms with van der Waals surface area (Å²) in [6.45, 7) is 2.58. The van der Waals surface area contributed by atoms with E-state index < -0.39 is 0 Å². The summed E-state index contributed by atoms with van der Waals surface area (Å²) in [7, 11) is 0. The first-order valence-corrected chi connectivity index (χ1v) is 10.6. The molecule has 0 fully saturated rings. The molecule has 1 aromatic carbocycles. The number of amides is 1. The summed E-state index contributed by atoms with van der Waals surface area (Å²) in [6.07, 6.45) is 2.82. The molecule has 8 heteroatoms. The normalized spacial score (nSPS) is 10.8. The van der Waals surface area contributed by atoms with Crippen molar-refractivity contribution in [2.75, 3.05) is 18.1 Å². The first-order valence-electron chi connectivity index (χ1n) is 7.78. The summed E-state index contributed by atoms with van der Waals surface area (Å²) in [5, 5.41) is 11.0. The van der Waals surface area contributed by atoms with Crippen LogP contribution < -0.4 is 5.32 Å². The van der Waals surface area contributed by atoms with Gasteiger partial charge in [-0.1, -0.05) is 66.4 Å². The number of halogens is 1. The Hall–Kier alpha value is -1.12. The van der Waals surface area contributed by atoms with Gasteiger partial charge in [0.2, 0.25) is 5.91 Å². The van der Waals surface area contributed by atoms with E-state index in [4.69, 9.17) is 0 Å². The van der Waals surface area contributed by atoms with Crippen LogP contribution in [0.25, 0.3) is 0 Å². The van der Waals surface area contributed by atoms with E-state index in [1.165, 1.54) is 35.6 Å². The van der Waals surface area contributed by atoms with Crippen molar-refractivity contribution in [1.29, 1.82) is 0 Å². The number of benzene rings is 1. The Morgan fingerprint density at radius 3 is 2.75 bits per heavy atom. The highest BCUT2D eigenvalue weighted by Crippen LogP contribution is 2.29. The summed E-state index contributed by atoms with van der Waals surface area (Å²) in [6, 6.07) is 6.61. The molecule has 0 saturated heterocycles. The molecule has 1 aromatic heterocycles. The SMILES string of the molecule is CCCCSc1nnc(SCC(=O)NCCc2ccccc2F)s1. The van der Waals surface area contributed by atoms with Gasteiger partial charge >= 0.3 is 0 Å². The lowest BCUT2D eigenvalue weighted by Gasteiger charge is -2.05. The number of nitrogens with zero attached hydrogens (tertiary/aromatic N) is 2. The smallest absolute Gasteiger partial charge is 0.230 e. The van der Waals surface area contributed by atoms with Crippen LogP contribution in [-0.4, -0.2) is 34.2 Å². The molecule has 2 aromatic rings. The van der Waals surface area contributed by atoms with Crippen molar-refractivity contribution >= 4 is 40.8 Å². The predicted molar refractivity (Wildman–Crippen MR) is 99.4 cm³/mol. The van der Waals surface area contributed by atoms with E-state index >= 15 is 0 Å². The molecule has 2 rings (SSSR count). The molecule has 0 radical (unpaired) electrons. The van der Waals surface area contributed by atoms with Crippen LogP contribution in [0.1, 0.15) is 25.3 Å². The molecule has 0 atom stereocenters. The van der Waals surface area contributed by atoms with Gasteiger partial charge in [0.25, 0.3) is 0 Å². The number of carbonyl (C=O) groups is 1. The average molecular weight is 386 g/mol. The molecule has 0 saturated carbocycles. The molecule has 0 unspecified atom stereocenters. The van der Waals surface area contributed by atoms with E-state index in [0.717, 1.165) is 20.9 Å². The Labute approximate surface area is 154 Å². The van der Waals surface area contributed by atoms with Crippen molar-refractivity contribution in [3.8, 4) is 0 Å². The minimum absolute atomic E-state index is 0.0771. The minimum atomic E-state index is -0.233. The second-order valence-electron chi connectivity index (χ2n) is 5.02. The van der Waals surface area contributed by atoms with Crippen LogP contribution in [0.5, 0.6) is 0 Å². The third-order valence-corrected chi connectivity index (χ3v) is 6.39.